The molecule has 2 aromatic carbocycles. The van der Waals surface area contributed by atoms with Gasteiger partial charge in [0, 0.05) is 28.7 Å². The van der Waals surface area contributed by atoms with Crippen molar-refractivity contribution in [2.75, 3.05) is 0 Å². The first-order valence-corrected chi connectivity index (χ1v) is 7.42. The minimum atomic E-state index is -0.0274. The van der Waals surface area contributed by atoms with E-state index < -0.39 is 0 Å². The van der Waals surface area contributed by atoms with Gasteiger partial charge in [0.25, 0.3) is 0 Å². The lowest BCUT2D eigenvalue weighted by atomic mass is 9.81. The third-order valence-corrected chi connectivity index (χ3v) is 4.23. The summed E-state index contributed by atoms with van der Waals surface area (Å²) in [6, 6.07) is 13.5. The van der Waals surface area contributed by atoms with Crippen molar-refractivity contribution < 1.29 is 9.59 Å². The fourth-order valence-corrected chi connectivity index (χ4v) is 2.84. The topological polar surface area (TPSA) is 34.1 Å². The second kappa shape index (κ2) is 5.38. The Kier molecular flexibility index (Phi) is 3.53. The molecule has 1 aliphatic carbocycles. The molecule has 0 fully saturated rings. The maximum atomic E-state index is 12.7. The average molecular weight is 290 g/mol. The van der Waals surface area contributed by atoms with E-state index in [1.807, 2.05) is 50.2 Å². The van der Waals surface area contributed by atoms with Crippen LogP contribution in [0.4, 0.5) is 0 Å². The Bertz CT molecular complexity index is 808. The lowest BCUT2D eigenvalue weighted by Gasteiger charge is -2.19. The molecule has 0 heterocycles. The lowest BCUT2D eigenvalue weighted by molar-refractivity contribution is 0.0973. The third kappa shape index (κ3) is 2.41. The predicted octanol–water partition coefficient (Wildman–Crippen LogP) is 4.24. The average Bonchev–Trinajstić information content (AvgIpc) is 2.51. The van der Waals surface area contributed by atoms with E-state index >= 15 is 0 Å². The molecule has 2 heteroatoms. The van der Waals surface area contributed by atoms with Crippen molar-refractivity contribution in [2.45, 2.75) is 27.2 Å². The van der Waals surface area contributed by atoms with Gasteiger partial charge < -0.3 is 0 Å². The van der Waals surface area contributed by atoms with Gasteiger partial charge in [-0.05, 0) is 32.4 Å². The molecule has 2 nitrogen and oxygen atoms in total. The van der Waals surface area contributed by atoms with Crippen molar-refractivity contribution in [3.8, 4) is 0 Å². The smallest absolute Gasteiger partial charge is 0.190 e. The summed E-state index contributed by atoms with van der Waals surface area (Å²) in [5, 5.41) is 0. The Balaban J connectivity index is 2.03. The molecule has 0 aliphatic heterocycles. The maximum absolute atomic E-state index is 12.7. The summed E-state index contributed by atoms with van der Waals surface area (Å²) in [5.74, 6) is -0.0481. The molecule has 0 saturated heterocycles. The van der Waals surface area contributed by atoms with Gasteiger partial charge in [-0.25, -0.2) is 0 Å². The van der Waals surface area contributed by atoms with Crippen molar-refractivity contribution in [3.05, 3.63) is 81.4 Å². The van der Waals surface area contributed by atoms with Gasteiger partial charge in [-0.1, -0.05) is 47.5 Å². The van der Waals surface area contributed by atoms with E-state index in [-0.39, 0.29) is 11.6 Å². The molecule has 110 valence electrons. The van der Waals surface area contributed by atoms with Crippen LogP contribution in [0.25, 0.3) is 0 Å². The molecule has 0 saturated carbocycles. The summed E-state index contributed by atoms with van der Waals surface area (Å²) in [5.41, 5.74) is 5.49. The highest BCUT2D eigenvalue weighted by molar-refractivity contribution is 6.26. The largest absolute Gasteiger partial charge is 0.289 e. The molecule has 0 aromatic heterocycles. The van der Waals surface area contributed by atoms with Gasteiger partial charge >= 0.3 is 0 Å². The number of benzene rings is 2. The van der Waals surface area contributed by atoms with Gasteiger partial charge in [-0.2, -0.15) is 0 Å². The van der Waals surface area contributed by atoms with Gasteiger partial charge in [0.2, 0.25) is 0 Å². The summed E-state index contributed by atoms with van der Waals surface area (Å²) in [4.78, 5) is 25.3. The Labute approximate surface area is 130 Å². The van der Waals surface area contributed by atoms with E-state index in [1.165, 1.54) is 5.56 Å². The molecule has 3 rings (SSSR count). The number of hydrogen-bond acceptors (Lipinski definition) is 2. The molecule has 0 spiro atoms. The van der Waals surface area contributed by atoms with Gasteiger partial charge in [0.05, 0.1) is 0 Å². The number of aryl methyl sites for hydroxylation is 2. The van der Waals surface area contributed by atoms with E-state index in [0.29, 0.717) is 28.7 Å². The SMILES string of the molecule is CC1=C(Cc2ccc(C)cc2)C(=O)c2ccc(C)cc2C1=O. The molecule has 0 N–H and O–H groups in total. The maximum Gasteiger partial charge on any atom is 0.190 e. The zero-order valence-electron chi connectivity index (χ0n) is 13.1. The van der Waals surface area contributed by atoms with Crippen molar-refractivity contribution >= 4 is 11.6 Å². The number of allylic oxidation sites excluding steroid dienone is 2. The summed E-state index contributed by atoms with van der Waals surface area (Å²) >= 11 is 0. The van der Waals surface area contributed by atoms with Crippen LogP contribution >= 0.6 is 0 Å². The first-order valence-electron chi connectivity index (χ1n) is 7.42. The van der Waals surface area contributed by atoms with Crippen LogP contribution in [0.3, 0.4) is 0 Å². The molecular weight excluding hydrogens is 272 g/mol. The fourth-order valence-electron chi connectivity index (χ4n) is 2.84. The summed E-state index contributed by atoms with van der Waals surface area (Å²) < 4.78 is 0. The highest BCUT2D eigenvalue weighted by Gasteiger charge is 2.29. The zero-order chi connectivity index (χ0) is 15.9. The number of carbonyl (C=O) groups is 2. The minimum absolute atomic E-state index is 0.0207. The minimum Gasteiger partial charge on any atom is -0.289 e. The Hall–Kier alpha value is -2.48. The molecule has 0 atom stereocenters. The van der Waals surface area contributed by atoms with Crippen LogP contribution in [-0.2, 0) is 6.42 Å². The highest BCUT2D eigenvalue weighted by atomic mass is 16.1. The van der Waals surface area contributed by atoms with Gasteiger partial charge in [0.1, 0.15) is 0 Å². The molecular formula is C20H18O2. The van der Waals surface area contributed by atoms with Crippen LogP contribution in [0.15, 0.2) is 53.6 Å². The first-order chi connectivity index (χ1) is 10.5. The number of rotatable bonds is 2. The normalized spacial score (nSPS) is 14.3. The van der Waals surface area contributed by atoms with Crippen molar-refractivity contribution in [2.24, 2.45) is 0 Å². The fraction of sp³-hybridized carbons (Fsp3) is 0.200. The van der Waals surface area contributed by atoms with Crippen molar-refractivity contribution in [1.82, 2.24) is 0 Å². The molecule has 0 radical (unpaired) electrons. The highest BCUT2D eigenvalue weighted by Crippen LogP contribution is 2.29. The quantitative estimate of drug-likeness (QED) is 0.829. The van der Waals surface area contributed by atoms with Crippen LogP contribution < -0.4 is 0 Å². The number of carbonyl (C=O) groups excluding carboxylic acids is 2. The zero-order valence-corrected chi connectivity index (χ0v) is 13.1. The van der Waals surface area contributed by atoms with E-state index in [1.54, 1.807) is 13.0 Å². The summed E-state index contributed by atoms with van der Waals surface area (Å²) in [6.07, 6.45) is 0.504. The van der Waals surface area contributed by atoms with Crippen LogP contribution in [0.2, 0.25) is 0 Å². The van der Waals surface area contributed by atoms with Crippen LogP contribution in [0.1, 0.15) is 44.3 Å². The Morgan fingerprint density at radius 2 is 1.36 bits per heavy atom. The van der Waals surface area contributed by atoms with Crippen LogP contribution in [-0.4, -0.2) is 11.6 Å². The standard InChI is InChI=1S/C20H18O2/c1-12-4-7-15(8-5-12)11-17-14(3)19(21)18-10-13(2)6-9-16(18)20(17)22/h4-10H,11H2,1-3H3. The molecule has 0 amide bonds. The molecule has 0 bridgehead atoms. The Morgan fingerprint density at radius 3 is 2.05 bits per heavy atom. The van der Waals surface area contributed by atoms with Gasteiger partial charge in [-0.15, -0.1) is 0 Å². The van der Waals surface area contributed by atoms with Gasteiger partial charge in [0.15, 0.2) is 11.6 Å². The van der Waals surface area contributed by atoms with Gasteiger partial charge in [-0.3, -0.25) is 9.59 Å². The number of ketones is 2. The second-order valence-corrected chi connectivity index (χ2v) is 5.97. The molecule has 2 aromatic rings. The molecule has 22 heavy (non-hydrogen) atoms. The molecule has 1 aliphatic rings. The number of Topliss-reactive ketones (excluding diaryl/α,β-unsaturated/α-hetero) is 2. The third-order valence-electron chi connectivity index (χ3n) is 4.23. The summed E-state index contributed by atoms with van der Waals surface area (Å²) in [7, 11) is 0. The van der Waals surface area contributed by atoms with Crippen LogP contribution in [0, 0.1) is 13.8 Å². The monoisotopic (exact) mass is 290 g/mol. The Morgan fingerprint density at radius 1 is 0.727 bits per heavy atom. The number of hydrogen-bond donors (Lipinski definition) is 0. The second-order valence-electron chi connectivity index (χ2n) is 5.97. The van der Waals surface area contributed by atoms with Crippen LogP contribution in [0.5, 0.6) is 0 Å². The number of fused-ring (bicyclic) bond motifs is 1. The lowest BCUT2D eigenvalue weighted by Crippen LogP contribution is -2.22. The first kappa shape index (κ1) is 14.5. The van der Waals surface area contributed by atoms with Crippen molar-refractivity contribution in [1.29, 1.82) is 0 Å². The van der Waals surface area contributed by atoms with E-state index in [2.05, 4.69) is 0 Å². The van der Waals surface area contributed by atoms with E-state index in [0.717, 1.165) is 11.1 Å². The molecule has 0 unspecified atom stereocenters. The van der Waals surface area contributed by atoms with E-state index in [4.69, 9.17) is 0 Å². The summed E-state index contributed by atoms with van der Waals surface area (Å²) in [6.45, 7) is 5.72. The predicted molar refractivity (Wildman–Crippen MR) is 87.4 cm³/mol. The van der Waals surface area contributed by atoms with Crippen molar-refractivity contribution in [3.63, 3.8) is 0 Å². The van der Waals surface area contributed by atoms with E-state index in [9.17, 15) is 9.59 Å².